The number of aliphatic hydroxyl groups is 1. The maximum atomic E-state index is 13.2. The first-order valence-corrected chi connectivity index (χ1v) is 12.7. The standard InChI is InChI=1S/C27H33NO7S/c1-16(2)36-15-20(14-24(30)31)25(32)26(33)22(13-19-9-6-5-7-10-19)28-27(34)21-11-8-12-23(17(21)3)35-18(4)29/h5-12,16,20,22,26,33H,13-15H2,1-4H3,(H,28,34)(H,30,31)/t20?,22?,26-/m0/s1. The third-order valence-corrected chi connectivity index (χ3v) is 6.79. The van der Waals surface area contributed by atoms with Crippen molar-refractivity contribution in [2.45, 2.75) is 57.9 Å². The molecular formula is C27H33NO7S. The summed E-state index contributed by atoms with van der Waals surface area (Å²) in [5.41, 5.74) is 1.44. The molecule has 0 aliphatic heterocycles. The van der Waals surface area contributed by atoms with E-state index >= 15 is 0 Å². The number of carboxylic acids is 1. The molecule has 0 saturated heterocycles. The van der Waals surface area contributed by atoms with Crippen molar-refractivity contribution in [3.8, 4) is 5.75 Å². The van der Waals surface area contributed by atoms with Gasteiger partial charge in [-0.2, -0.15) is 11.8 Å². The van der Waals surface area contributed by atoms with Crippen LogP contribution in [0.2, 0.25) is 0 Å². The summed E-state index contributed by atoms with van der Waals surface area (Å²) in [7, 11) is 0. The van der Waals surface area contributed by atoms with Crippen molar-refractivity contribution in [3.63, 3.8) is 0 Å². The van der Waals surface area contributed by atoms with Crippen molar-refractivity contribution in [3.05, 3.63) is 65.2 Å². The van der Waals surface area contributed by atoms with E-state index < -0.39 is 48.1 Å². The zero-order valence-corrected chi connectivity index (χ0v) is 21.7. The molecule has 9 heteroatoms. The molecular weight excluding hydrogens is 482 g/mol. The number of hydrogen-bond donors (Lipinski definition) is 3. The van der Waals surface area contributed by atoms with E-state index in [-0.39, 0.29) is 28.7 Å². The molecule has 0 bridgehead atoms. The molecule has 0 aromatic heterocycles. The van der Waals surface area contributed by atoms with Gasteiger partial charge < -0.3 is 20.3 Å². The van der Waals surface area contributed by atoms with Gasteiger partial charge in [-0.1, -0.05) is 50.2 Å². The lowest BCUT2D eigenvalue weighted by Gasteiger charge is -2.27. The topological polar surface area (TPSA) is 130 Å². The number of aliphatic hydroxyl groups excluding tert-OH is 1. The van der Waals surface area contributed by atoms with Crippen molar-refractivity contribution in [1.29, 1.82) is 0 Å². The number of Topliss-reactive ketones (excluding diaryl/α,β-unsaturated/α-hetero) is 1. The highest BCUT2D eigenvalue weighted by Gasteiger charge is 2.34. The largest absolute Gasteiger partial charge is 0.481 e. The number of carbonyl (C=O) groups is 4. The quantitative estimate of drug-likeness (QED) is 0.273. The van der Waals surface area contributed by atoms with Crippen LogP contribution in [0, 0.1) is 12.8 Å². The van der Waals surface area contributed by atoms with Gasteiger partial charge in [0.1, 0.15) is 11.9 Å². The Morgan fingerprint density at radius 2 is 1.69 bits per heavy atom. The zero-order chi connectivity index (χ0) is 26.8. The molecule has 2 aromatic carbocycles. The second-order valence-electron chi connectivity index (χ2n) is 8.82. The molecule has 0 fully saturated rings. The molecule has 2 aromatic rings. The Hall–Kier alpha value is -3.17. The summed E-state index contributed by atoms with van der Waals surface area (Å²) >= 11 is 1.44. The molecule has 2 rings (SSSR count). The normalized spacial score (nSPS) is 13.5. The minimum absolute atomic E-state index is 0.152. The van der Waals surface area contributed by atoms with Crippen molar-refractivity contribution in [1.82, 2.24) is 5.32 Å². The number of ether oxygens (including phenoxy) is 1. The molecule has 0 spiro atoms. The maximum Gasteiger partial charge on any atom is 0.308 e. The molecule has 1 amide bonds. The number of amides is 1. The number of aliphatic carboxylic acids is 1. The molecule has 194 valence electrons. The van der Waals surface area contributed by atoms with Crippen LogP contribution < -0.4 is 10.1 Å². The van der Waals surface area contributed by atoms with E-state index in [1.165, 1.54) is 18.7 Å². The van der Waals surface area contributed by atoms with Crippen LogP contribution in [0.3, 0.4) is 0 Å². The van der Waals surface area contributed by atoms with E-state index in [0.29, 0.717) is 5.56 Å². The second-order valence-corrected chi connectivity index (χ2v) is 10.4. The van der Waals surface area contributed by atoms with Gasteiger partial charge in [-0.05, 0) is 36.3 Å². The first-order valence-electron chi connectivity index (χ1n) is 11.7. The third kappa shape index (κ3) is 8.80. The first-order chi connectivity index (χ1) is 17.0. The van der Waals surface area contributed by atoms with Crippen LogP contribution in [0.25, 0.3) is 0 Å². The van der Waals surface area contributed by atoms with Crippen LogP contribution in [0.5, 0.6) is 5.75 Å². The molecule has 0 saturated carbocycles. The van der Waals surface area contributed by atoms with E-state index in [4.69, 9.17) is 4.74 Å². The number of thioether (sulfide) groups is 1. The Bertz CT molecular complexity index is 1070. The number of rotatable bonds is 13. The van der Waals surface area contributed by atoms with E-state index in [1.54, 1.807) is 25.1 Å². The third-order valence-electron chi connectivity index (χ3n) is 5.52. The number of ketones is 1. The summed E-state index contributed by atoms with van der Waals surface area (Å²) in [5.74, 6) is -3.27. The van der Waals surface area contributed by atoms with Gasteiger partial charge in [0.15, 0.2) is 5.78 Å². The van der Waals surface area contributed by atoms with Crippen LogP contribution in [-0.4, -0.2) is 57.0 Å². The van der Waals surface area contributed by atoms with E-state index in [2.05, 4.69) is 5.32 Å². The predicted octanol–water partition coefficient (Wildman–Crippen LogP) is 3.42. The number of hydrogen-bond acceptors (Lipinski definition) is 7. The molecule has 8 nitrogen and oxygen atoms in total. The first kappa shape index (κ1) is 29.1. The molecule has 0 heterocycles. The fourth-order valence-electron chi connectivity index (χ4n) is 3.68. The van der Waals surface area contributed by atoms with Gasteiger partial charge >= 0.3 is 11.9 Å². The highest BCUT2D eigenvalue weighted by molar-refractivity contribution is 7.99. The number of esters is 1. The van der Waals surface area contributed by atoms with Crippen LogP contribution in [0.1, 0.15) is 48.7 Å². The summed E-state index contributed by atoms with van der Waals surface area (Å²) in [4.78, 5) is 49.3. The van der Waals surface area contributed by atoms with Crippen LogP contribution >= 0.6 is 11.8 Å². The second kappa shape index (κ2) is 13.8. The van der Waals surface area contributed by atoms with Gasteiger partial charge in [-0.15, -0.1) is 0 Å². The SMILES string of the molecule is CC(=O)Oc1cccc(C(=O)NC(Cc2ccccc2)[C@H](O)C(=O)C(CSC(C)C)CC(=O)O)c1C. The summed E-state index contributed by atoms with van der Waals surface area (Å²) in [5, 5.41) is 23.3. The van der Waals surface area contributed by atoms with Crippen molar-refractivity contribution < 1.29 is 34.1 Å². The minimum Gasteiger partial charge on any atom is -0.481 e. The Morgan fingerprint density at radius 3 is 2.28 bits per heavy atom. The fourth-order valence-corrected chi connectivity index (χ4v) is 4.58. The smallest absolute Gasteiger partial charge is 0.308 e. The molecule has 2 unspecified atom stereocenters. The summed E-state index contributed by atoms with van der Waals surface area (Å²) in [6.45, 7) is 6.77. The van der Waals surface area contributed by atoms with E-state index in [9.17, 15) is 29.4 Å². The van der Waals surface area contributed by atoms with Crippen molar-refractivity contribution in [2.24, 2.45) is 5.92 Å². The van der Waals surface area contributed by atoms with Crippen LogP contribution in [-0.2, 0) is 20.8 Å². The fraction of sp³-hybridized carbons (Fsp3) is 0.407. The van der Waals surface area contributed by atoms with E-state index in [0.717, 1.165) is 5.56 Å². The number of carboxylic acid groups (broad SMARTS) is 1. The average Bonchev–Trinajstić information content (AvgIpc) is 2.81. The molecule has 36 heavy (non-hydrogen) atoms. The minimum atomic E-state index is -1.62. The monoisotopic (exact) mass is 515 g/mol. The Labute approximate surface area is 215 Å². The van der Waals surface area contributed by atoms with Gasteiger partial charge in [0, 0.05) is 29.7 Å². The van der Waals surface area contributed by atoms with Gasteiger partial charge in [0.25, 0.3) is 5.91 Å². The lowest BCUT2D eigenvalue weighted by molar-refractivity contribution is -0.142. The Morgan fingerprint density at radius 1 is 1.03 bits per heavy atom. The zero-order valence-electron chi connectivity index (χ0n) is 20.9. The number of benzene rings is 2. The highest BCUT2D eigenvalue weighted by Crippen LogP contribution is 2.23. The predicted molar refractivity (Wildman–Crippen MR) is 138 cm³/mol. The van der Waals surface area contributed by atoms with Gasteiger partial charge in [-0.25, -0.2) is 0 Å². The molecule has 3 N–H and O–H groups in total. The highest BCUT2D eigenvalue weighted by atomic mass is 32.2. The number of nitrogens with one attached hydrogen (secondary N) is 1. The summed E-state index contributed by atoms with van der Waals surface area (Å²) in [6.07, 6.45) is -1.88. The maximum absolute atomic E-state index is 13.2. The average molecular weight is 516 g/mol. The van der Waals surface area contributed by atoms with Gasteiger partial charge in [0.2, 0.25) is 0 Å². The lowest BCUT2D eigenvalue weighted by atomic mass is 9.90. The summed E-state index contributed by atoms with van der Waals surface area (Å²) in [6, 6.07) is 12.7. The van der Waals surface area contributed by atoms with E-state index in [1.807, 2.05) is 44.2 Å². The molecule has 3 atom stereocenters. The molecule has 0 aliphatic rings. The van der Waals surface area contributed by atoms with Crippen LogP contribution in [0.15, 0.2) is 48.5 Å². The Balaban J connectivity index is 2.34. The molecule has 0 radical (unpaired) electrons. The van der Waals surface area contributed by atoms with Gasteiger partial charge in [-0.3, -0.25) is 19.2 Å². The molecule has 0 aliphatic carbocycles. The van der Waals surface area contributed by atoms with Crippen LogP contribution in [0.4, 0.5) is 0 Å². The van der Waals surface area contributed by atoms with Crippen molar-refractivity contribution >= 4 is 35.4 Å². The number of carbonyl (C=O) groups excluding carboxylic acids is 3. The Kier molecular flexibility index (Phi) is 11.1. The van der Waals surface area contributed by atoms with Crippen molar-refractivity contribution in [2.75, 3.05) is 5.75 Å². The summed E-state index contributed by atoms with van der Waals surface area (Å²) < 4.78 is 5.16. The van der Waals surface area contributed by atoms with Gasteiger partial charge in [0.05, 0.1) is 12.5 Å². The lowest BCUT2D eigenvalue weighted by Crippen LogP contribution is -2.50.